The zero-order valence-electron chi connectivity index (χ0n) is 18.0. The van der Waals surface area contributed by atoms with E-state index in [1.807, 2.05) is 23.1 Å². The predicted octanol–water partition coefficient (Wildman–Crippen LogP) is 4.36. The molecule has 32 heavy (non-hydrogen) atoms. The highest BCUT2D eigenvalue weighted by molar-refractivity contribution is 9.10. The standard InChI is InChI=1S/C24H27BrN2O4S/c1-2-30-23(29)18-10-13-27(14-11-18)24(32)26-22(28)19-8-9-21(20(25)16-19)31-15-12-17-6-4-3-5-7-17/h3-9,16,18H,2,10-15H2,1H3,(H,26,28,32). The van der Waals surface area contributed by atoms with Crippen LogP contribution in [-0.4, -0.2) is 48.2 Å². The summed E-state index contributed by atoms with van der Waals surface area (Å²) < 4.78 is 11.6. The molecule has 0 bridgehead atoms. The summed E-state index contributed by atoms with van der Waals surface area (Å²) in [5, 5.41) is 3.16. The largest absolute Gasteiger partial charge is 0.492 e. The second kappa shape index (κ2) is 12.0. The highest BCUT2D eigenvalue weighted by atomic mass is 79.9. The van der Waals surface area contributed by atoms with Crippen LogP contribution in [0.15, 0.2) is 53.0 Å². The number of thiocarbonyl (C=S) groups is 1. The first-order valence-electron chi connectivity index (χ1n) is 10.7. The van der Waals surface area contributed by atoms with Gasteiger partial charge >= 0.3 is 5.97 Å². The van der Waals surface area contributed by atoms with Gasteiger partial charge in [0.1, 0.15) is 5.75 Å². The van der Waals surface area contributed by atoms with Gasteiger partial charge in [0.2, 0.25) is 0 Å². The number of likely N-dealkylation sites (tertiary alicyclic amines) is 1. The molecule has 6 nitrogen and oxygen atoms in total. The van der Waals surface area contributed by atoms with Crippen LogP contribution in [0.2, 0.25) is 0 Å². The fourth-order valence-electron chi connectivity index (χ4n) is 3.51. The van der Waals surface area contributed by atoms with E-state index in [0.29, 0.717) is 60.0 Å². The van der Waals surface area contributed by atoms with E-state index in [9.17, 15) is 9.59 Å². The number of esters is 1. The fraction of sp³-hybridized carbons (Fsp3) is 0.375. The van der Waals surface area contributed by atoms with Crippen LogP contribution < -0.4 is 10.1 Å². The van der Waals surface area contributed by atoms with Crippen LogP contribution in [-0.2, 0) is 16.0 Å². The van der Waals surface area contributed by atoms with Gasteiger partial charge in [0.25, 0.3) is 5.91 Å². The summed E-state index contributed by atoms with van der Waals surface area (Å²) >= 11 is 8.90. The lowest BCUT2D eigenvalue weighted by atomic mass is 9.97. The van der Waals surface area contributed by atoms with E-state index in [1.165, 1.54) is 5.56 Å². The maximum absolute atomic E-state index is 12.7. The molecule has 0 unspecified atom stereocenters. The van der Waals surface area contributed by atoms with E-state index in [0.717, 1.165) is 6.42 Å². The van der Waals surface area contributed by atoms with Gasteiger partial charge in [-0.15, -0.1) is 0 Å². The van der Waals surface area contributed by atoms with Crippen LogP contribution in [0.4, 0.5) is 0 Å². The van der Waals surface area contributed by atoms with Crippen molar-refractivity contribution in [3.8, 4) is 5.75 Å². The zero-order valence-corrected chi connectivity index (χ0v) is 20.4. The number of hydrogen-bond donors (Lipinski definition) is 1. The summed E-state index contributed by atoms with van der Waals surface area (Å²) in [7, 11) is 0. The van der Waals surface area contributed by atoms with Gasteiger partial charge in [0.05, 0.1) is 23.6 Å². The number of hydrogen-bond acceptors (Lipinski definition) is 5. The molecule has 2 aromatic carbocycles. The third-order valence-corrected chi connectivity index (χ3v) is 6.29. The van der Waals surface area contributed by atoms with Crippen molar-refractivity contribution in [3.05, 3.63) is 64.1 Å². The molecule has 1 amide bonds. The van der Waals surface area contributed by atoms with Crippen LogP contribution in [0.3, 0.4) is 0 Å². The van der Waals surface area contributed by atoms with Gasteiger partial charge in [-0.1, -0.05) is 30.3 Å². The van der Waals surface area contributed by atoms with Gasteiger partial charge < -0.3 is 14.4 Å². The molecule has 0 radical (unpaired) electrons. The number of nitrogens with zero attached hydrogens (tertiary/aromatic N) is 1. The zero-order chi connectivity index (χ0) is 22.9. The second-order valence-corrected chi connectivity index (χ2v) is 8.74. The third kappa shape index (κ3) is 6.77. The molecule has 1 aliphatic rings. The molecule has 0 aromatic heterocycles. The van der Waals surface area contributed by atoms with E-state index in [-0.39, 0.29) is 17.8 Å². The number of carbonyl (C=O) groups excluding carboxylic acids is 2. The smallest absolute Gasteiger partial charge is 0.309 e. The van der Waals surface area contributed by atoms with E-state index >= 15 is 0 Å². The Balaban J connectivity index is 1.48. The fourth-order valence-corrected chi connectivity index (χ4v) is 4.28. The van der Waals surface area contributed by atoms with Crippen molar-refractivity contribution in [3.63, 3.8) is 0 Å². The predicted molar refractivity (Wildman–Crippen MR) is 131 cm³/mol. The van der Waals surface area contributed by atoms with Gasteiger partial charge in [-0.05, 0) is 71.7 Å². The average molecular weight is 519 g/mol. The second-order valence-electron chi connectivity index (χ2n) is 7.50. The Morgan fingerprint density at radius 2 is 1.88 bits per heavy atom. The molecule has 1 fully saturated rings. The monoisotopic (exact) mass is 518 g/mol. The quantitative estimate of drug-likeness (QED) is 0.433. The molecule has 0 spiro atoms. The Labute approximate surface area is 202 Å². The number of carbonyl (C=O) groups is 2. The van der Waals surface area contributed by atoms with E-state index < -0.39 is 0 Å². The Hall–Kier alpha value is -2.45. The molecule has 170 valence electrons. The van der Waals surface area contributed by atoms with Crippen LogP contribution in [0.25, 0.3) is 0 Å². The highest BCUT2D eigenvalue weighted by Gasteiger charge is 2.27. The molecule has 1 aliphatic heterocycles. The van der Waals surface area contributed by atoms with Crippen molar-refractivity contribution in [2.45, 2.75) is 26.2 Å². The number of amides is 1. The third-order valence-electron chi connectivity index (χ3n) is 5.31. The van der Waals surface area contributed by atoms with Crippen molar-refractivity contribution in [2.24, 2.45) is 5.92 Å². The molecule has 3 rings (SSSR count). The molecule has 0 saturated carbocycles. The lowest BCUT2D eigenvalue weighted by Crippen LogP contribution is -2.47. The molecule has 0 aliphatic carbocycles. The van der Waals surface area contributed by atoms with Crippen molar-refractivity contribution in [1.82, 2.24) is 10.2 Å². The topological polar surface area (TPSA) is 67.9 Å². The molecule has 1 heterocycles. The Morgan fingerprint density at radius 1 is 1.16 bits per heavy atom. The van der Waals surface area contributed by atoms with Gasteiger partial charge in [0, 0.05) is 25.1 Å². The molecule has 1 N–H and O–H groups in total. The molecule has 0 atom stereocenters. The molecule has 1 saturated heterocycles. The maximum atomic E-state index is 12.7. The molecular formula is C24H27BrN2O4S. The first kappa shape index (κ1) is 24.2. The lowest BCUT2D eigenvalue weighted by Gasteiger charge is -2.32. The highest BCUT2D eigenvalue weighted by Crippen LogP contribution is 2.26. The summed E-state index contributed by atoms with van der Waals surface area (Å²) in [4.78, 5) is 26.4. The van der Waals surface area contributed by atoms with Crippen molar-refractivity contribution in [2.75, 3.05) is 26.3 Å². The van der Waals surface area contributed by atoms with Crippen LogP contribution in [0, 0.1) is 5.92 Å². The minimum absolute atomic E-state index is 0.102. The first-order chi connectivity index (χ1) is 15.5. The normalized spacial score (nSPS) is 14.0. The molecular weight excluding hydrogens is 492 g/mol. The van der Waals surface area contributed by atoms with Crippen molar-refractivity contribution < 1.29 is 19.1 Å². The maximum Gasteiger partial charge on any atom is 0.309 e. The van der Waals surface area contributed by atoms with Crippen LogP contribution >= 0.6 is 28.1 Å². The lowest BCUT2D eigenvalue weighted by molar-refractivity contribution is -0.149. The minimum atomic E-state index is -0.279. The van der Waals surface area contributed by atoms with Crippen LogP contribution in [0.1, 0.15) is 35.7 Å². The molecule has 2 aromatic rings. The molecule has 8 heteroatoms. The number of piperidine rings is 1. The summed E-state index contributed by atoms with van der Waals surface area (Å²) in [6.45, 7) is 3.96. The Bertz CT molecular complexity index is 946. The van der Waals surface area contributed by atoms with E-state index in [2.05, 4.69) is 33.4 Å². The average Bonchev–Trinajstić information content (AvgIpc) is 2.81. The SMILES string of the molecule is CCOC(=O)C1CCN(C(=S)NC(=O)c2ccc(OCCc3ccccc3)c(Br)c2)CC1. The van der Waals surface area contributed by atoms with Crippen molar-refractivity contribution in [1.29, 1.82) is 0 Å². The summed E-state index contributed by atoms with van der Waals surface area (Å²) in [6.07, 6.45) is 2.13. The first-order valence-corrected chi connectivity index (χ1v) is 11.9. The summed E-state index contributed by atoms with van der Waals surface area (Å²) in [5.74, 6) is 0.147. The van der Waals surface area contributed by atoms with Gasteiger partial charge in [0.15, 0.2) is 5.11 Å². The number of ether oxygens (including phenoxy) is 2. The number of benzene rings is 2. The Morgan fingerprint density at radius 3 is 2.53 bits per heavy atom. The number of nitrogens with one attached hydrogen (secondary N) is 1. The summed E-state index contributed by atoms with van der Waals surface area (Å²) in [6, 6.07) is 15.3. The van der Waals surface area contributed by atoms with E-state index in [4.69, 9.17) is 21.7 Å². The minimum Gasteiger partial charge on any atom is -0.492 e. The van der Waals surface area contributed by atoms with Crippen LogP contribution in [0.5, 0.6) is 5.75 Å². The number of rotatable bonds is 7. The van der Waals surface area contributed by atoms with Crippen molar-refractivity contribution >= 4 is 45.1 Å². The summed E-state index contributed by atoms with van der Waals surface area (Å²) in [5.41, 5.74) is 1.69. The number of halogens is 1. The van der Waals surface area contributed by atoms with Gasteiger partial charge in [-0.3, -0.25) is 14.9 Å². The Kier molecular flexibility index (Phi) is 9.05. The van der Waals surface area contributed by atoms with Gasteiger partial charge in [-0.25, -0.2) is 0 Å². The van der Waals surface area contributed by atoms with Gasteiger partial charge in [-0.2, -0.15) is 0 Å². The van der Waals surface area contributed by atoms with E-state index in [1.54, 1.807) is 25.1 Å².